The third-order valence-corrected chi connectivity index (χ3v) is 2.80. The fourth-order valence-corrected chi connectivity index (χ4v) is 1.84. The molecule has 88 valence electrons. The van der Waals surface area contributed by atoms with Crippen molar-refractivity contribution in [1.82, 2.24) is 4.98 Å². The van der Waals surface area contributed by atoms with Crippen molar-refractivity contribution in [1.29, 1.82) is 0 Å². The molecule has 2 rings (SSSR count). The van der Waals surface area contributed by atoms with Gasteiger partial charge in [-0.1, -0.05) is 24.3 Å². The zero-order valence-corrected chi connectivity index (χ0v) is 9.92. The van der Waals surface area contributed by atoms with Crippen LogP contribution in [0.4, 0.5) is 0 Å². The monoisotopic (exact) mass is 229 g/mol. The summed E-state index contributed by atoms with van der Waals surface area (Å²) < 4.78 is 5.27. The van der Waals surface area contributed by atoms with Gasteiger partial charge >= 0.3 is 0 Å². The summed E-state index contributed by atoms with van der Waals surface area (Å²) >= 11 is 0. The van der Waals surface area contributed by atoms with E-state index in [9.17, 15) is 5.11 Å². The van der Waals surface area contributed by atoms with Gasteiger partial charge in [0.1, 0.15) is 11.4 Å². The maximum atomic E-state index is 10.6. The number of nitrogens with zero attached hydrogens (tertiary/aromatic N) is 1. The fourth-order valence-electron chi connectivity index (χ4n) is 1.84. The van der Waals surface area contributed by atoms with Crippen LogP contribution in [0.1, 0.15) is 18.2 Å². The summed E-state index contributed by atoms with van der Waals surface area (Å²) in [7, 11) is 1.59. The molecule has 0 aliphatic carbocycles. The first kappa shape index (κ1) is 11.6. The minimum atomic E-state index is -1.16. The van der Waals surface area contributed by atoms with Crippen molar-refractivity contribution in [2.24, 2.45) is 0 Å². The molecule has 0 aliphatic heterocycles. The van der Waals surface area contributed by atoms with Crippen molar-refractivity contribution in [3.63, 3.8) is 0 Å². The first-order valence-electron chi connectivity index (χ1n) is 5.43. The van der Waals surface area contributed by atoms with Crippen molar-refractivity contribution < 1.29 is 9.84 Å². The van der Waals surface area contributed by atoms with Crippen LogP contribution >= 0.6 is 0 Å². The van der Waals surface area contributed by atoms with Crippen molar-refractivity contribution in [2.75, 3.05) is 7.11 Å². The molecule has 1 heterocycles. The van der Waals surface area contributed by atoms with E-state index >= 15 is 0 Å². The van der Waals surface area contributed by atoms with Crippen LogP contribution < -0.4 is 4.74 Å². The lowest BCUT2D eigenvalue weighted by Gasteiger charge is -2.25. The predicted octanol–water partition coefficient (Wildman–Crippen LogP) is 2.35. The number of ether oxygens (including phenoxy) is 1. The van der Waals surface area contributed by atoms with Gasteiger partial charge in [0.05, 0.1) is 12.8 Å². The Morgan fingerprint density at radius 2 is 1.82 bits per heavy atom. The third kappa shape index (κ3) is 2.15. The Bertz CT molecular complexity index is 495. The molecule has 0 spiro atoms. The van der Waals surface area contributed by atoms with Gasteiger partial charge in [0.25, 0.3) is 0 Å². The predicted molar refractivity (Wildman–Crippen MR) is 65.9 cm³/mol. The molecule has 1 aromatic carbocycles. The van der Waals surface area contributed by atoms with Crippen LogP contribution in [0.3, 0.4) is 0 Å². The summed E-state index contributed by atoms with van der Waals surface area (Å²) in [6, 6.07) is 12.9. The lowest BCUT2D eigenvalue weighted by molar-refractivity contribution is 0.0942. The average Bonchev–Trinajstić information content (AvgIpc) is 2.39. The third-order valence-electron chi connectivity index (χ3n) is 2.80. The Hall–Kier alpha value is -1.87. The molecule has 0 saturated carbocycles. The molecule has 1 unspecified atom stereocenters. The SMILES string of the molecule is COc1ccccc1C(C)(O)c1ccccn1. The van der Waals surface area contributed by atoms with Crippen LogP contribution in [0.25, 0.3) is 0 Å². The standard InChI is InChI=1S/C14H15NO2/c1-14(16,13-9-5-6-10-15-13)11-7-3-4-8-12(11)17-2/h3-10,16H,1-2H3. The number of benzene rings is 1. The number of methoxy groups -OCH3 is 1. The van der Waals surface area contributed by atoms with Gasteiger partial charge in [0.15, 0.2) is 0 Å². The summed E-state index contributed by atoms with van der Waals surface area (Å²) in [5, 5.41) is 10.6. The van der Waals surface area contributed by atoms with Crippen LogP contribution in [0, 0.1) is 0 Å². The van der Waals surface area contributed by atoms with Gasteiger partial charge in [-0.2, -0.15) is 0 Å². The number of aliphatic hydroxyl groups is 1. The molecule has 3 nitrogen and oxygen atoms in total. The highest BCUT2D eigenvalue weighted by molar-refractivity contribution is 5.42. The Labute approximate surface area is 101 Å². The van der Waals surface area contributed by atoms with Gasteiger partial charge in [0, 0.05) is 11.8 Å². The van der Waals surface area contributed by atoms with E-state index in [1.165, 1.54) is 0 Å². The van der Waals surface area contributed by atoms with Crippen LogP contribution in [-0.2, 0) is 5.60 Å². The Morgan fingerprint density at radius 1 is 1.12 bits per heavy atom. The number of hydrogen-bond donors (Lipinski definition) is 1. The van der Waals surface area contributed by atoms with E-state index in [1.807, 2.05) is 36.4 Å². The van der Waals surface area contributed by atoms with Crippen LogP contribution in [-0.4, -0.2) is 17.2 Å². The Morgan fingerprint density at radius 3 is 2.47 bits per heavy atom. The molecule has 3 heteroatoms. The van der Waals surface area contributed by atoms with Crippen molar-refractivity contribution >= 4 is 0 Å². The maximum absolute atomic E-state index is 10.6. The zero-order valence-electron chi connectivity index (χ0n) is 9.92. The number of aromatic nitrogens is 1. The van der Waals surface area contributed by atoms with Crippen molar-refractivity contribution in [3.8, 4) is 5.75 Å². The quantitative estimate of drug-likeness (QED) is 0.878. The fraction of sp³-hybridized carbons (Fsp3) is 0.214. The molecule has 0 radical (unpaired) electrons. The highest BCUT2D eigenvalue weighted by atomic mass is 16.5. The van der Waals surface area contributed by atoms with Crippen molar-refractivity contribution in [2.45, 2.75) is 12.5 Å². The maximum Gasteiger partial charge on any atom is 0.132 e. The largest absolute Gasteiger partial charge is 0.496 e. The molecule has 2 aromatic rings. The summed E-state index contributed by atoms with van der Waals surface area (Å²) in [5.74, 6) is 0.656. The molecular weight excluding hydrogens is 214 g/mol. The minimum Gasteiger partial charge on any atom is -0.496 e. The van der Waals surface area contributed by atoms with E-state index in [4.69, 9.17) is 4.74 Å². The highest BCUT2D eigenvalue weighted by Gasteiger charge is 2.29. The van der Waals surface area contributed by atoms with E-state index < -0.39 is 5.60 Å². The molecule has 1 aromatic heterocycles. The molecule has 0 amide bonds. The summed E-state index contributed by atoms with van der Waals surface area (Å²) in [6.45, 7) is 1.72. The van der Waals surface area contributed by atoms with Crippen molar-refractivity contribution in [3.05, 3.63) is 59.9 Å². The topological polar surface area (TPSA) is 42.4 Å². The smallest absolute Gasteiger partial charge is 0.132 e. The van der Waals surface area contributed by atoms with E-state index in [2.05, 4.69) is 4.98 Å². The molecule has 0 aliphatic rings. The van der Waals surface area contributed by atoms with Gasteiger partial charge < -0.3 is 9.84 Å². The van der Waals surface area contributed by atoms with E-state index in [0.717, 1.165) is 0 Å². The molecule has 1 N–H and O–H groups in total. The van der Waals surface area contributed by atoms with Gasteiger partial charge in [-0.15, -0.1) is 0 Å². The van der Waals surface area contributed by atoms with E-state index in [1.54, 1.807) is 26.3 Å². The number of rotatable bonds is 3. The molecule has 0 fully saturated rings. The lowest BCUT2D eigenvalue weighted by atomic mass is 9.91. The average molecular weight is 229 g/mol. The Balaban J connectivity index is 2.51. The molecule has 1 atom stereocenters. The van der Waals surface area contributed by atoms with Gasteiger partial charge in [-0.3, -0.25) is 4.98 Å². The summed E-state index contributed by atoms with van der Waals surface area (Å²) in [4.78, 5) is 4.20. The molecule has 0 bridgehead atoms. The highest BCUT2D eigenvalue weighted by Crippen LogP contribution is 2.33. The number of hydrogen-bond acceptors (Lipinski definition) is 3. The minimum absolute atomic E-state index is 0.601. The van der Waals surface area contributed by atoms with Gasteiger partial charge in [0.2, 0.25) is 0 Å². The zero-order chi connectivity index (χ0) is 12.3. The summed E-state index contributed by atoms with van der Waals surface area (Å²) in [6.07, 6.45) is 1.67. The first-order chi connectivity index (χ1) is 8.16. The normalized spacial score (nSPS) is 14.1. The van der Waals surface area contributed by atoms with Crippen LogP contribution in [0.15, 0.2) is 48.7 Å². The van der Waals surface area contributed by atoms with Gasteiger partial charge in [-0.25, -0.2) is 0 Å². The second-order valence-electron chi connectivity index (χ2n) is 3.99. The molecule has 0 saturated heterocycles. The second kappa shape index (κ2) is 4.55. The second-order valence-corrected chi connectivity index (χ2v) is 3.99. The summed E-state index contributed by atoms with van der Waals surface area (Å²) in [5.41, 5.74) is 0.152. The Kier molecular flexibility index (Phi) is 3.11. The molecular formula is C14H15NO2. The number of pyridine rings is 1. The van der Waals surface area contributed by atoms with Crippen LogP contribution in [0.2, 0.25) is 0 Å². The lowest BCUT2D eigenvalue weighted by Crippen LogP contribution is -2.24. The van der Waals surface area contributed by atoms with E-state index in [0.29, 0.717) is 17.0 Å². The van der Waals surface area contributed by atoms with Gasteiger partial charge in [-0.05, 0) is 25.1 Å². The van der Waals surface area contributed by atoms with E-state index in [-0.39, 0.29) is 0 Å². The first-order valence-corrected chi connectivity index (χ1v) is 5.43. The number of para-hydroxylation sites is 1. The molecule has 17 heavy (non-hydrogen) atoms. The van der Waals surface area contributed by atoms with Crippen LogP contribution in [0.5, 0.6) is 5.75 Å².